The Morgan fingerprint density at radius 3 is 1.18 bits per heavy atom. The molecule has 2 saturated heterocycles. The van der Waals surface area contributed by atoms with Gasteiger partial charge < -0.3 is 79.5 Å². The van der Waals surface area contributed by atoms with Crippen molar-refractivity contribution in [3.05, 3.63) is 167 Å². The number of nitrogens with two attached hydrogens (primary N) is 2. The highest BCUT2D eigenvalue weighted by atomic mass is 16.4. The third kappa shape index (κ3) is 23.0. The van der Waals surface area contributed by atoms with Gasteiger partial charge >= 0.3 is 5.97 Å². The van der Waals surface area contributed by atoms with Gasteiger partial charge in [-0.2, -0.15) is 0 Å². The Labute approximate surface area is 561 Å². The molecule has 11 amide bonds. The lowest BCUT2D eigenvalue weighted by atomic mass is 9.99. The summed E-state index contributed by atoms with van der Waals surface area (Å²) in [6.45, 7) is 3.71. The number of amides is 11. The van der Waals surface area contributed by atoms with Crippen molar-refractivity contribution in [2.45, 2.75) is 158 Å². The van der Waals surface area contributed by atoms with Crippen LogP contribution in [0.1, 0.15) is 93.0 Å². The third-order valence-electron chi connectivity index (χ3n) is 16.6. The van der Waals surface area contributed by atoms with Crippen molar-refractivity contribution in [2.24, 2.45) is 17.4 Å². The SMILES string of the molecule is CC(C)C[C@@H]1NC(=O)[C@H](CCCN)NC(=O)[C@H](Cc2ccc(O)cc2)NC(=O)[C@H](Cc2ccc(O)cc2)NC(=O)[C@H](CCC(N)=O)NC(=O)[C@H](CC(=O)O)NC(=O)[C@@H](Cc2ccccc2)NC(=O)[C@H](Cc2ccccc2)NC(=O)[C@@H]2CCCN2C(=O)[C@@H](Cc2ccccc2)NC1=O. The van der Waals surface area contributed by atoms with Gasteiger partial charge in [-0.3, -0.25) is 57.5 Å². The predicted molar refractivity (Wildman–Crippen MR) is 355 cm³/mol. The monoisotopic (exact) mass is 1330 g/mol. The summed E-state index contributed by atoms with van der Waals surface area (Å²) in [6, 6.07) is 21.3. The summed E-state index contributed by atoms with van der Waals surface area (Å²) in [4.78, 5) is 175. The lowest BCUT2D eigenvalue weighted by molar-refractivity contribution is -0.143. The van der Waals surface area contributed by atoms with Gasteiger partial charge in [0.2, 0.25) is 65.0 Å². The highest BCUT2D eigenvalue weighted by molar-refractivity contribution is 6.00. The van der Waals surface area contributed by atoms with Gasteiger partial charge in [0.15, 0.2) is 0 Å². The molecule has 0 aromatic heterocycles. The molecule has 516 valence electrons. The number of nitrogens with zero attached hydrogens (tertiary/aromatic N) is 1. The lowest BCUT2D eigenvalue weighted by Gasteiger charge is -2.31. The average Bonchev–Trinajstić information content (AvgIpc) is 1.79. The zero-order valence-electron chi connectivity index (χ0n) is 54.1. The molecule has 0 radical (unpaired) electrons. The van der Waals surface area contributed by atoms with E-state index in [0.717, 1.165) is 0 Å². The van der Waals surface area contributed by atoms with Gasteiger partial charge in [0.05, 0.1) is 6.42 Å². The molecule has 5 aromatic rings. The fourth-order valence-electron chi connectivity index (χ4n) is 11.5. The van der Waals surface area contributed by atoms with Crippen molar-refractivity contribution in [3.8, 4) is 11.5 Å². The van der Waals surface area contributed by atoms with Gasteiger partial charge in [-0.15, -0.1) is 0 Å². The molecular formula is C70H86N12O15. The van der Waals surface area contributed by atoms with E-state index in [1.54, 1.807) is 91.0 Å². The second-order valence-corrected chi connectivity index (χ2v) is 24.7. The van der Waals surface area contributed by atoms with Crippen LogP contribution < -0.4 is 59.3 Å². The first kappa shape index (κ1) is 73.7. The second kappa shape index (κ2) is 36.3. The first-order chi connectivity index (χ1) is 46.4. The lowest BCUT2D eigenvalue weighted by Crippen LogP contribution is -2.62. The Hall–Kier alpha value is -10.7. The number of carbonyl (C=O) groups is 12. The zero-order chi connectivity index (χ0) is 70.1. The summed E-state index contributed by atoms with van der Waals surface area (Å²) >= 11 is 0. The molecule has 0 unspecified atom stereocenters. The molecule has 2 aliphatic rings. The fraction of sp³-hybridized carbons (Fsp3) is 0.400. The first-order valence-electron chi connectivity index (χ1n) is 32.3. The Bertz CT molecular complexity index is 3550. The van der Waals surface area contributed by atoms with Crippen LogP contribution in [0.15, 0.2) is 140 Å². The molecule has 2 fully saturated rings. The largest absolute Gasteiger partial charge is 0.508 e. The molecule has 2 heterocycles. The van der Waals surface area contributed by atoms with E-state index in [2.05, 4.69) is 47.9 Å². The number of hydrogen-bond acceptors (Lipinski definition) is 15. The molecule has 5 aromatic carbocycles. The van der Waals surface area contributed by atoms with Gasteiger partial charge in [-0.25, -0.2) is 0 Å². The number of aromatic hydroxyl groups is 2. The van der Waals surface area contributed by atoms with Gasteiger partial charge in [0.25, 0.3) is 0 Å². The number of nitrogens with one attached hydrogen (secondary N) is 9. The van der Waals surface area contributed by atoms with Crippen LogP contribution in [0.3, 0.4) is 0 Å². The van der Waals surface area contributed by atoms with Gasteiger partial charge in [-0.1, -0.05) is 129 Å². The van der Waals surface area contributed by atoms with Crippen LogP contribution in [0.5, 0.6) is 11.5 Å². The number of fused-ring (bicyclic) bond motifs is 1. The second-order valence-electron chi connectivity index (χ2n) is 24.7. The van der Waals surface area contributed by atoms with Crippen molar-refractivity contribution in [2.75, 3.05) is 13.1 Å². The number of carboxylic acids is 1. The molecular weight excluding hydrogens is 1250 g/mol. The highest BCUT2D eigenvalue weighted by Gasteiger charge is 2.42. The topological polar surface area (TPSA) is 429 Å². The standard InChI is InChI=1S/C70H86N12O15/c1-41(2)34-51-63(90)81-57(39-44-18-10-5-11-19-44)70(97)82-33-13-21-58(82)69(96)80-55(36-43-16-8-4-9-17-43)67(94)77-52(35-42-14-6-3-7-15-42)66(93)79-56(40-60(86)87)68(95)74-50(30-31-59(72)85)62(89)76-54(38-46-24-28-48(84)29-25-46)65(92)78-53(37-45-22-26-47(83)27-23-45)64(91)73-49(20-12-32-71)61(88)75-51/h3-11,14-19,22-29,41,49-58,83-84H,12-13,20-21,30-40,71H2,1-2H3,(H2,72,85)(H,73,91)(H,74,95)(H,75,88)(H,76,89)(H,77,94)(H,78,92)(H,79,93)(H,80,96)(H,81,90)(H,86,87)/t49-,50-,51-,52+,53-,54-,55-,56-,57+,58-/m0/s1. The van der Waals surface area contributed by atoms with E-state index in [-0.39, 0.29) is 88.3 Å². The molecule has 0 spiro atoms. The smallest absolute Gasteiger partial charge is 0.305 e. The maximum absolute atomic E-state index is 15.2. The normalized spacial score (nSPS) is 23.2. The van der Waals surface area contributed by atoms with E-state index in [0.29, 0.717) is 34.2 Å². The molecule has 2 aliphatic heterocycles. The maximum Gasteiger partial charge on any atom is 0.305 e. The minimum absolute atomic E-state index is 0.0263. The first-order valence-corrected chi connectivity index (χ1v) is 32.3. The van der Waals surface area contributed by atoms with Crippen LogP contribution in [0.25, 0.3) is 0 Å². The third-order valence-corrected chi connectivity index (χ3v) is 16.6. The number of rotatable bonds is 20. The average molecular weight is 1340 g/mol. The Kier molecular flexibility index (Phi) is 27.6. The van der Waals surface area contributed by atoms with Crippen molar-refractivity contribution in [1.82, 2.24) is 52.8 Å². The van der Waals surface area contributed by atoms with Crippen LogP contribution in [0, 0.1) is 5.92 Å². The number of phenols is 2. The number of carboxylic acid groups (broad SMARTS) is 1. The molecule has 10 atom stereocenters. The number of benzene rings is 5. The van der Waals surface area contributed by atoms with Crippen LogP contribution >= 0.6 is 0 Å². The van der Waals surface area contributed by atoms with Gasteiger partial charge in [0, 0.05) is 45.1 Å². The summed E-state index contributed by atoms with van der Waals surface area (Å²) in [5.41, 5.74) is 13.9. The molecule has 0 bridgehead atoms. The van der Waals surface area contributed by atoms with Crippen molar-refractivity contribution in [1.29, 1.82) is 0 Å². The van der Waals surface area contributed by atoms with E-state index in [1.807, 2.05) is 13.8 Å². The Balaban J connectivity index is 1.34. The highest BCUT2D eigenvalue weighted by Crippen LogP contribution is 2.22. The molecule has 27 heteroatoms. The van der Waals surface area contributed by atoms with Gasteiger partial charge in [0.1, 0.15) is 71.9 Å². The molecule has 16 N–H and O–H groups in total. The number of carbonyl (C=O) groups excluding carboxylic acids is 11. The van der Waals surface area contributed by atoms with E-state index < -0.39 is 151 Å². The van der Waals surface area contributed by atoms with Crippen LogP contribution in [-0.2, 0) is 89.6 Å². The molecule has 97 heavy (non-hydrogen) atoms. The summed E-state index contributed by atoms with van der Waals surface area (Å²) in [5, 5.41) is 54.6. The molecule has 0 saturated carbocycles. The van der Waals surface area contributed by atoms with Crippen molar-refractivity contribution in [3.63, 3.8) is 0 Å². The summed E-state index contributed by atoms with van der Waals surface area (Å²) in [5.74, 6) is -12.5. The van der Waals surface area contributed by atoms with Crippen molar-refractivity contribution >= 4 is 70.9 Å². The number of aliphatic carboxylic acids is 1. The van der Waals surface area contributed by atoms with Crippen molar-refractivity contribution < 1.29 is 72.9 Å². The predicted octanol–water partition coefficient (Wildman–Crippen LogP) is 0.504. The summed E-state index contributed by atoms with van der Waals surface area (Å²) < 4.78 is 0. The summed E-state index contributed by atoms with van der Waals surface area (Å²) in [7, 11) is 0. The Morgan fingerprint density at radius 1 is 0.443 bits per heavy atom. The minimum atomic E-state index is -2.00. The van der Waals surface area contributed by atoms with E-state index >= 15 is 4.79 Å². The minimum Gasteiger partial charge on any atom is -0.508 e. The molecule has 7 rings (SSSR count). The maximum atomic E-state index is 15.2. The molecule has 0 aliphatic carbocycles. The summed E-state index contributed by atoms with van der Waals surface area (Å²) in [6.07, 6.45) is -2.79. The quantitative estimate of drug-likeness (QED) is 0.0505. The van der Waals surface area contributed by atoms with E-state index in [1.165, 1.54) is 53.4 Å². The van der Waals surface area contributed by atoms with Crippen LogP contribution in [0.2, 0.25) is 0 Å². The fourth-order valence-corrected chi connectivity index (χ4v) is 11.5. The van der Waals surface area contributed by atoms with Crippen LogP contribution in [-0.4, -0.2) is 165 Å². The number of phenolic OH excluding ortho intramolecular Hbond substituents is 2. The van der Waals surface area contributed by atoms with E-state index in [4.69, 9.17) is 11.5 Å². The molecule has 27 nitrogen and oxygen atoms in total. The van der Waals surface area contributed by atoms with Crippen LogP contribution in [0.4, 0.5) is 0 Å². The number of primary amides is 1. The zero-order valence-corrected chi connectivity index (χ0v) is 54.1. The van der Waals surface area contributed by atoms with E-state index in [9.17, 15) is 68.1 Å². The Morgan fingerprint density at radius 2 is 0.773 bits per heavy atom. The van der Waals surface area contributed by atoms with Gasteiger partial charge in [-0.05, 0) is 103 Å². The number of hydrogen-bond donors (Lipinski definition) is 14.